The summed E-state index contributed by atoms with van der Waals surface area (Å²) in [4.78, 5) is 31.9. The van der Waals surface area contributed by atoms with Gasteiger partial charge in [0.25, 0.3) is 0 Å². The van der Waals surface area contributed by atoms with E-state index in [4.69, 9.17) is 20.7 Å². The van der Waals surface area contributed by atoms with Crippen molar-refractivity contribution in [3.63, 3.8) is 0 Å². The third-order valence-corrected chi connectivity index (χ3v) is 6.22. The first-order valence-electron chi connectivity index (χ1n) is 12.8. The number of hydrogen-bond acceptors (Lipinski definition) is 7. The zero-order valence-electron chi connectivity index (χ0n) is 21.0. The Morgan fingerprint density at radius 1 is 0.853 bits per heavy atom. The molecule has 5 N–H and O–H groups in total. The minimum Gasteiger partial charge on any atom is -0.466 e. The number of carbonyl (C=O) groups excluding carboxylic acids is 2. The van der Waals surface area contributed by atoms with E-state index >= 15 is 0 Å². The van der Waals surface area contributed by atoms with Gasteiger partial charge in [-0.05, 0) is 32.1 Å². The van der Waals surface area contributed by atoms with Gasteiger partial charge in [-0.1, -0.05) is 70.4 Å². The van der Waals surface area contributed by atoms with Crippen LogP contribution in [-0.4, -0.2) is 42.6 Å². The van der Waals surface area contributed by atoms with Gasteiger partial charge in [-0.25, -0.2) is 4.57 Å². The summed E-state index contributed by atoms with van der Waals surface area (Å²) >= 11 is 0. The Morgan fingerprint density at radius 3 is 2.00 bits per heavy atom. The predicted octanol–water partition coefficient (Wildman–Crippen LogP) is 4.90. The van der Waals surface area contributed by atoms with Crippen LogP contribution in [0.1, 0.15) is 103 Å². The number of amides is 1. The van der Waals surface area contributed by atoms with Gasteiger partial charge >= 0.3 is 13.8 Å². The third-order valence-electron chi connectivity index (χ3n) is 5.23. The lowest BCUT2D eigenvalue weighted by Crippen LogP contribution is -2.39. The monoisotopic (exact) mass is 506 g/mol. The van der Waals surface area contributed by atoms with Crippen LogP contribution in [0.25, 0.3) is 0 Å². The Kier molecular flexibility index (Phi) is 21.4. The molecule has 0 bridgehead atoms. The first-order valence-corrected chi connectivity index (χ1v) is 14.3. The van der Waals surface area contributed by atoms with E-state index in [0.717, 1.165) is 25.7 Å². The minimum absolute atomic E-state index is 0.0880. The maximum atomic E-state index is 11.7. The highest BCUT2D eigenvalue weighted by Gasteiger charge is 2.23. The number of allylic oxidation sites excluding steroid dienone is 2. The van der Waals surface area contributed by atoms with E-state index in [1.54, 1.807) is 0 Å². The molecule has 0 saturated carbocycles. The van der Waals surface area contributed by atoms with Gasteiger partial charge in [-0.15, -0.1) is 0 Å². The number of rotatable bonds is 24. The van der Waals surface area contributed by atoms with Crippen LogP contribution in [0.4, 0.5) is 0 Å². The number of phosphoric ester groups is 1. The van der Waals surface area contributed by atoms with Crippen LogP contribution in [0.15, 0.2) is 12.2 Å². The summed E-state index contributed by atoms with van der Waals surface area (Å²) in [5, 5.41) is 0. The summed E-state index contributed by atoms with van der Waals surface area (Å²) in [7, 11) is -4.33. The molecule has 10 heteroatoms. The van der Waals surface area contributed by atoms with Gasteiger partial charge in [0.05, 0.1) is 19.8 Å². The summed E-state index contributed by atoms with van der Waals surface area (Å²) in [6.07, 6.45) is 20.8. The van der Waals surface area contributed by atoms with E-state index in [-0.39, 0.29) is 25.6 Å². The van der Waals surface area contributed by atoms with E-state index in [2.05, 4.69) is 23.6 Å². The maximum absolute atomic E-state index is 11.7. The molecule has 1 unspecified atom stereocenters. The predicted molar refractivity (Wildman–Crippen MR) is 134 cm³/mol. The van der Waals surface area contributed by atoms with Gasteiger partial charge in [-0.2, -0.15) is 0 Å². The van der Waals surface area contributed by atoms with Gasteiger partial charge in [0, 0.05) is 12.8 Å². The lowest BCUT2D eigenvalue weighted by molar-refractivity contribution is -0.144. The summed E-state index contributed by atoms with van der Waals surface area (Å²) in [5.41, 5.74) is 10.2. The van der Waals surface area contributed by atoms with E-state index < -0.39 is 26.4 Å². The summed E-state index contributed by atoms with van der Waals surface area (Å²) < 4.78 is 26.0. The van der Waals surface area contributed by atoms with Crippen LogP contribution >= 0.6 is 7.82 Å². The summed E-state index contributed by atoms with van der Waals surface area (Å²) in [5.74, 6) is -1.13. The lowest BCUT2D eigenvalue weighted by atomic mass is 10.1. The molecule has 9 nitrogen and oxygen atoms in total. The van der Waals surface area contributed by atoms with Crippen molar-refractivity contribution in [2.24, 2.45) is 11.5 Å². The van der Waals surface area contributed by atoms with Crippen molar-refractivity contribution in [1.82, 2.24) is 0 Å². The number of phosphoric acid groups is 1. The quantitative estimate of drug-likeness (QED) is 0.0723. The average molecular weight is 507 g/mol. The first-order chi connectivity index (χ1) is 16.3. The molecule has 1 amide bonds. The Labute approximate surface area is 205 Å². The number of esters is 1. The lowest BCUT2D eigenvalue weighted by Gasteiger charge is -2.14. The fourth-order valence-corrected chi connectivity index (χ4v) is 3.91. The summed E-state index contributed by atoms with van der Waals surface area (Å²) in [6, 6.07) is -1.19. The van der Waals surface area contributed by atoms with Gasteiger partial charge < -0.3 is 21.1 Å². The molecule has 200 valence electrons. The molecule has 0 radical (unpaired) electrons. The number of hydrogen-bond donors (Lipinski definition) is 3. The second-order valence-electron chi connectivity index (χ2n) is 8.51. The normalized spacial score (nSPS) is 14.2. The Morgan fingerprint density at radius 2 is 1.41 bits per heavy atom. The average Bonchev–Trinajstić information content (AvgIpc) is 2.79. The second-order valence-corrected chi connectivity index (χ2v) is 9.97. The van der Waals surface area contributed by atoms with Crippen LogP contribution in [0, 0.1) is 0 Å². The smallest absolute Gasteiger partial charge is 0.466 e. The molecule has 0 aromatic rings. The molecule has 0 saturated heterocycles. The molecule has 0 rings (SSSR count). The van der Waals surface area contributed by atoms with Crippen molar-refractivity contribution < 1.29 is 32.8 Å². The standard InChI is InChI=1S/C24H47N2O7P/c1-2-3-4-5-6-7-8-9-10-11-12-13-14-15-16-18-23(27)31-19-17-20-32-34(29,30)33-21-22(25)24(26)28/h9-10,22H,2-8,11-21,25H2,1H3,(H2,26,28)(H,29,30)/b10-9-/t22-/m0/s1. The highest BCUT2D eigenvalue weighted by Crippen LogP contribution is 2.43. The van der Waals surface area contributed by atoms with Gasteiger partial charge in [-0.3, -0.25) is 18.6 Å². The van der Waals surface area contributed by atoms with Crippen LogP contribution in [0.5, 0.6) is 0 Å². The highest BCUT2D eigenvalue weighted by molar-refractivity contribution is 7.47. The van der Waals surface area contributed by atoms with E-state index in [9.17, 15) is 19.0 Å². The molecule has 0 aliphatic heterocycles. The minimum atomic E-state index is -4.33. The zero-order valence-corrected chi connectivity index (χ0v) is 21.9. The highest BCUT2D eigenvalue weighted by atomic mass is 31.2. The molecule has 0 fully saturated rings. The largest absolute Gasteiger partial charge is 0.472 e. The fraction of sp³-hybridized carbons (Fsp3) is 0.833. The molecule has 0 aliphatic rings. The maximum Gasteiger partial charge on any atom is 0.472 e. The van der Waals surface area contributed by atoms with Crippen molar-refractivity contribution in [3.05, 3.63) is 12.2 Å². The second kappa shape index (κ2) is 22.2. The molecule has 34 heavy (non-hydrogen) atoms. The molecule has 0 spiro atoms. The van der Waals surface area contributed by atoms with E-state index in [0.29, 0.717) is 6.42 Å². The molecule has 0 aliphatic carbocycles. The fourth-order valence-electron chi connectivity index (χ4n) is 3.13. The zero-order chi connectivity index (χ0) is 25.5. The van der Waals surface area contributed by atoms with Gasteiger partial charge in [0.15, 0.2) is 0 Å². The van der Waals surface area contributed by atoms with Crippen molar-refractivity contribution >= 4 is 19.7 Å². The van der Waals surface area contributed by atoms with Crippen molar-refractivity contribution in [3.8, 4) is 0 Å². The molecular weight excluding hydrogens is 459 g/mol. The Bertz CT molecular complexity index is 602. The summed E-state index contributed by atoms with van der Waals surface area (Å²) in [6.45, 7) is 1.67. The number of primary amides is 1. The van der Waals surface area contributed by atoms with Crippen molar-refractivity contribution in [1.29, 1.82) is 0 Å². The van der Waals surface area contributed by atoms with Crippen molar-refractivity contribution in [2.45, 2.75) is 109 Å². The molecule has 0 aromatic heterocycles. The Hall–Kier alpha value is -1.25. The molecule has 2 atom stereocenters. The van der Waals surface area contributed by atoms with Crippen LogP contribution in [-0.2, 0) is 27.9 Å². The number of ether oxygens (including phenoxy) is 1. The van der Waals surface area contributed by atoms with Gasteiger partial charge in [0.2, 0.25) is 5.91 Å². The van der Waals surface area contributed by atoms with E-state index in [1.807, 2.05) is 0 Å². The van der Waals surface area contributed by atoms with Gasteiger partial charge in [0.1, 0.15) is 6.04 Å². The number of nitrogens with two attached hydrogens (primary N) is 2. The molecule has 0 heterocycles. The number of carbonyl (C=O) groups is 2. The molecular formula is C24H47N2O7P. The topological polar surface area (TPSA) is 151 Å². The number of unbranched alkanes of at least 4 members (excludes halogenated alkanes) is 11. The molecule has 0 aromatic carbocycles. The van der Waals surface area contributed by atoms with E-state index in [1.165, 1.54) is 57.8 Å². The van der Waals surface area contributed by atoms with Crippen LogP contribution < -0.4 is 11.5 Å². The first kappa shape index (κ1) is 32.8. The van der Waals surface area contributed by atoms with Crippen molar-refractivity contribution in [2.75, 3.05) is 19.8 Å². The Balaban J connectivity index is 3.47. The van der Waals surface area contributed by atoms with Crippen LogP contribution in [0.3, 0.4) is 0 Å². The SMILES string of the molecule is CCCCCCCC/C=C\CCCCCCCC(=O)OCCCOP(=O)(O)OC[C@H](N)C(N)=O. The third kappa shape index (κ3) is 22.5. The van der Waals surface area contributed by atoms with Crippen LogP contribution in [0.2, 0.25) is 0 Å².